The molecule has 0 atom stereocenters. The van der Waals surface area contributed by atoms with Crippen molar-refractivity contribution in [3.8, 4) is 22.8 Å². The zero-order valence-corrected chi connectivity index (χ0v) is 22.6. The van der Waals surface area contributed by atoms with Gasteiger partial charge in [0.25, 0.3) is 0 Å². The summed E-state index contributed by atoms with van der Waals surface area (Å²) in [6.45, 7) is 8.73. The lowest BCUT2D eigenvalue weighted by atomic mass is 9.76. The summed E-state index contributed by atoms with van der Waals surface area (Å²) in [4.78, 5) is 16.0. The molecular formula is C27H33N5O4S. The van der Waals surface area contributed by atoms with E-state index in [9.17, 15) is 8.42 Å². The molecule has 2 aromatic heterocycles. The molecule has 3 heterocycles. The van der Waals surface area contributed by atoms with Gasteiger partial charge in [-0.15, -0.1) is 0 Å². The van der Waals surface area contributed by atoms with Gasteiger partial charge in [0.2, 0.25) is 15.9 Å². The van der Waals surface area contributed by atoms with Crippen LogP contribution in [0.3, 0.4) is 0 Å². The van der Waals surface area contributed by atoms with E-state index in [1.807, 2.05) is 19.1 Å². The zero-order chi connectivity index (χ0) is 26.2. The molecule has 1 aliphatic carbocycles. The Labute approximate surface area is 218 Å². The van der Waals surface area contributed by atoms with E-state index >= 15 is 0 Å². The van der Waals surface area contributed by atoms with Crippen molar-refractivity contribution in [3.05, 3.63) is 53.6 Å². The van der Waals surface area contributed by atoms with E-state index in [4.69, 9.17) is 14.5 Å². The average Bonchev–Trinajstić information content (AvgIpc) is 3.05. The first-order valence-electron chi connectivity index (χ1n) is 12.6. The van der Waals surface area contributed by atoms with Gasteiger partial charge in [-0.05, 0) is 55.4 Å². The summed E-state index contributed by atoms with van der Waals surface area (Å²) in [5.41, 5.74) is 5.63. The molecule has 0 spiro atoms. The first-order valence-corrected chi connectivity index (χ1v) is 14.5. The fourth-order valence-corrected chi connectivity index (χ4v) is 5.57. The Hall–Kier alpha value is -3.40. The molecule has 1 aromatic carbocycles. The highest BCUT2D eigenvalue weighted by Gasteiger charge is 2.30. The second-order valence-electron chi connectivity index (χ2n) is 10.4. The molecule has 1 N–H and O–H groups in total. The van der Waals surface area contributed by atoms with Gasteiger partial charge in [0.15, 0.2) is 0 Å². The normalized spacial score (nSPS) is 16.7. The van der Waals surface area contributed by atoms with Gasteiger partial charge in [0.1, 0.15) is 30.2 Å². The van der Waals surface area contributed by atoms with Crippen molar-refractivity contribution in [2.45, 2.75) is 46.6 Å². The van der Waals surface area contributed by atoms with Crippen molar-refractivity contribution in [2.75, 3.05) is 35.6 Å². The van der Waals surface area contributed by atoms with E-state index in [2.05, 4.69) is 39.5 Å². The third-order valence-corrected chi connectivity index (χ3v) is 7.40. The number of sulfonamides is 1. The van der Waals surface area contributed by atoms with Crippen LogP contribution in [0.5, 0.6) is 11.6 Å². The lowest BCUT2D eigenvalue weighted by Crippen LogP contribution is -2.31. The maximum atomic E-state index is 11.9. The van der Waals surface area contributed by atoms with Crippen molar-refractivity contribution in [3.63, 3.8) is 0 Å². The summed E-state index contributed by atoms with van der Waals surface area (Å²) >= 11 is 0. The van der Waals surface area contributed by atoms with Gasteiger partial charge in [-0.1, -0.05) is 19.9 Å². The first kappa shape index (κ1) is 25.3. The highest BCUT2D eigenvalue weighted by molar-refractivity contribution is 7.92. The molecule has 0 radical (unpaired) electrons. The minimum Gasteiger partial charge on any atom is -0.491 e. The molecule has 37 heavy (non-hydrogen) atoms. The van der Waals surface area contributed by atoms with E-state index in [-0.39, 0.29) is 11.3 Å². The Morgan fingerprint density at radius 3 is 2.78 bits per heavy atom. The Morgan fingerprint density at radius 1 is 1.16 bits per heavy atom. The van der Waals surface area contributed by atoms with Crippen LogP contribution < -0.4 is 19.1 Å². The van der Waals surface area contributed by atoms with Gasteiger partial charge < -0.3 is 14.4 Å². The molecule has 0 saturated heterocycles. The maximum absolute atomic E-state index is 11.9. The number of benzene rings is 1. The number of hydrogen-bond acceptors (Lipinski definition) is 8. The predicted octanol–water partition coefficient (Wildman–Crippen LogP) is 4.22. The van der Waals surface area contributed by atoms with Crippen LogP contribution in [-0.4, -0.2) is 49.4 Å². The van der Waals surface area contributed by atoms with Crippen LogP contribution in [0.15, 0.2) is 36.8 Å². The summed E-state index contributed by atoms with van der Waals surface area (Å²) in [6, 6.07) is 7.75. The van der Waals surface area contributed by atoms with Crippen molar-refractivity contribution < 1.29 is 17.9 Å². The second kappa shape index (κ2) is 9.81. The van der Waals surface area contributed by atoms with Crippen molar-refractivity contribution in [1.29, 1.82) is 0 Å². The third kappa shape index (κ3) is 5.64. The summed E-state index contributed by atoms with van der Waals surface area (Å²) in [6.07, 6.45) is 7.53. The number of nitrogens with zero attached hydrogens (tertiary/aromatic N) is 4. The highest BCUT2D eigenvalue weighted by Crippen LogP contribution is 2.39. The second-order valence-corrected chi connectivity index (χ2v) is 12.2. The Kier molecular flexibility index (Phi) is 6.70. The minimum atomic E-state index is -3.50. The monoisotopic (exact) mass is 523 g/mol. The molecule has 0 amide bonds. The van der Waals surface area contributed by atoms with Crippen LogP contribution in [0.1, 0.15) is 44.0 Å². The number of aryl methyl sites for hydroxylation is 1. The summed E-state index contributed by atoms with van der Waals surface area (Å²) in [7, 11) is -3.50. The first-order chi connectivity index (χ1) is 17.6. The fraction of sp³-hybridized carbons (Fsp3) is 0.444. The van der Waals surface area contributed by atoms with Gasteiger partial charge >= 0.3 is 0 Å². The van der Waals surface area contributed by atoms with Gasteiger partial charge in [-0.2, -0.15) is 0 Å². The number of ether oxygens (including phenoxy) is 2. The molecule has 196 valence electrons. The van der Waals surface area contributed by atoms with E-state index in [1.165, 1.54) is 5.56 Å². The van der Waals surface area contributed by atoms with Gasteiger partial charge in [-0.25, -0.2) is 23.4 Å². The lowest BCUT2D eigenvalue weighted by Gasteiger charge is -2.33. The number of pyridine rings is 1. The Bertz CT molecular complexity index is 1420. The van der Waals surface area contributed by atoms with Gasteiger partial charge in [0.05, 0.1) is 19.4 Å². The number of rotatable bonds is 6. The highest BCUT2D eigenvalue weighted by atomic mass is 32.2. The minimum absolute atomic E-state index is 0.220. The zero-order valence-electron chi connectivity index (χ0n) is 21.7. The van der Waals surface area contributed by atoms with Crippen LogP contribution in [0.4, 0.5) is 11.5 Å². The number of anilines is 2. The molecule has 1 aliphatic heterocycles. The number of hydrogen-bond donors (Lipinski definition) is 1. The lowest BCUT2D eigenvalue weighted by molar-refractivity contribution is 0.310. The molecule has 0 saturated carbocycles. The predicted molar refractivity (Wildman–Crippen MR) is 144 cm³/mol. The van der Waals surface area contributed by atoms with Crippen molar-refractivity contribution in [1.82, 2.24) is 15.0 Å². The molecule has 9 nitrogen and oxygen atoms in total. The van der Waals surface area contributed by atoms with Gasteiger partial charge in [0, 0.05) is 35.1 Å². The molecule has 10 heteroatoms. The Morgan fingerprint density at radius 2 is 2.00 bits per heavy atom. The fourth-order valence-electron chi connectivity index (χ4n) is 5.02. The third-order valence-electron chi connectivity index (χ3n) is 6.81. The summed E-state index contributed by atoms with van der Waals surface area (Å²) < 4.78 is 38.0. The van der Waals surface area contributed by atoms with Crippen LogP contribution in [0, 0.1) is 5.41 Å². The van der Waals surface area contributed by atoms with Crippen molar-refractivity contribution >= 4 is 21.5 Å². The van der Waals surface area contributed by atoms with E-state index in [1.54, 1.807) is 18.6 Å². The molecule has 2 aliphatic rings. The van der Waals surface area contributed by atoms with E-state index < -0.39 is 10.0 Å². The Balaban J connectivity index is 1.49. The van der Waals surface area contributed by atoms with Gasteiger partial charge in [-0.3, -0.25) is 4.72 Å². The average molecular weight is 524 g/mol. The molecule has 0 fully saturated rings. The number of aromatic nitrogens is 3. The standard InChI is InChI=1S/C27H33N5O4S/c1-5-35-26-23(31-37(4,33)34)13-19(15-28-26)18-6-7-24-20(12-18)16-32(10-11-36-24)25-21-14-27(2,3)9-8-22(21)29-17-30-25/h6-7,12-13,15,17,31H,5,8-11,14,16H2,1-4H3. The number of fused-ring (bicyclic) bond motifs is 2. The molecule has 5 rings (SSSR count). The molecule has 3 aromatic rings. The smallest absolute Gasteiger partial charge is 0.238 e. The quantitative estimate of drug-likeness (QED) is 0.512. The topological polar surface area (TPSA) is 107 Å². The maximum Gasteiger partial charge on any atom is 0.238 e. The molecular weight excluding hydrogens is 490 g/mol. The van der Waals surface area contributed by atoms with Crippen LogP contribution in [-0.2, 0) is 29.4 Å². The van der Waals surface area contributed by atoms with E-state index in [0.29, 0.717) is 25.4 Å². The summed E-state index contributed by atoms with van der Waals surface area (Å²) in [5.74, 6) is 2.07. The SMILES string of the molecule is CCOc1ncc(-c2ccc3c(c2)CN(c2ncnc4c2CC(C)(C)CC4)CCO3)cc1NS(C)(=O)=O. The molecule has 0 bridgehead atoms. The van der Waals surface area contributed by atoms with Crippen LogP contribution >= 0.6 is 0 Å². The van der Waals surface area contributed by atoms with E-state index in [0.717, 1.165) is 66.0 Å². The van der Waals surface area contributed by atoms with Crippen LogP contribution in [0.2, 0.25) is 0 Å². The molecule has 0 unspecified atom stereocenters. The van der Waals surface area contributed by atoms with Crippen molar-refractivity contribution in [2.24, 2.45) is 5.41 Å². The number of nitrogens with one attached hydrogen (secondary N) is 1. The van der Waals surface area contributed by atoms with Crippen LogP contribution in [0.25, 0.3) is 11.1 Å². The largest absolute Gasteiger partial charge is 0.491 e. The summed E-state index contributed by atoms with van der Waals surface area (Å²) in [5, 5.41) is 0.